The summed E-state index contributed by atoms with van der Waals surface area (Å²) in [7, 11) is 0. The molecule has 0 aromatic carbocycles. The topological polar surface area (TPSA) is 46.8 Å². The highest BCUT2D eigenvalue weighted by atomic mass is 35.5. The SMILES string of the molecule is FC(F)(F)c1nnc2n1CCN(Cc1cccc(Cl)n1)C2. The molecule has 0 radical (unpaired) electrons. The van der Waals surface area contributed by atoms with E-state index in [1.54, 1.807) is 12.1 Å². The van der Waals surface area contributed by atoms with Crippen molar-refractivity contribution in [1.29, 1.82) is 0 Å². The van der Waals surface area contributed by atoms with Gasteiger partial charge in [0.2, 0.25) is 5.82 Å². The van der Waals surface area contributed by atoms with Crippen LogP contribution in [0.2, 0.25) is 5.15 Å². The third-order valence-electron chi connectivity index (χ3n) is 3.24. The maximum absolute atomic E-state index is 12.7. The van der Waals surface area contributed by atoms with Crippen molar-refractivity contribution in [3.63, 3.8) is 0 Å². The lowest BCUT2D eigenvalue weighted by atomic mass is 10.3. The summed E-state index contributed by atoms with van der Waals surface area (Å²) in [5, 5.41) is 7.28. The van der Waals surface area contributed by atoms with Gasteiger partial charge in [-0.15, -0.1) is 10.2 Å². The van der Waals surface area contributed by atoms with E-state index in [1.165, 1.54) is 0 Å². The Balaban J connectivity index is 1.75. The standard InChI is InChI=1S/C12H11ClF3N5/c13-9-3-1-2-8(17-9)6-20-4-5-21-10(7-20)18-19-11(21)12(14,15)16/h1-3H,4-7H2. The average Bonchev–Trinajstić information content (AvgIpc) is 2.81. The van der Waals surface area contributed by atoms with Gasteiger partial charge in [-0.25, -0.2) is 4.98 Å². The highest BCUT2D eigenvalue weighted by Crippen LogP contribution is 2.29. The summed E-state index contributed by atoms with van der Waals surface area (Å²) in [5.74, 6) is -0.617. The van der Waals surface area contributed by atoms with Crippen LogP contribution in [0.1, 0.15) is 17.3 Å². The van der Waals surface area contributed by atoms with Gasteiger partial charge in [0.1, 0.15) is 11.0 Å². The second kappa shape index (κ2) is 5.27. The molecular formula is C12H11ClF3N5. The maximum Gasteiger partial charge on any atom is 0.451 e. The lowest BCUT2D eigenvalue weighted by Crippen LogP contribution is -2.35. The Morgan fingerprint density at radius 1 is 1.19 bits per heavy atom. The van der Waals surface area contributed by atoms with Crippen molar-refractivity contribution in [2.24, 2.45) is 0 Å². The number of halogens is 4. The van der Waals surface area contributed by atoms with E-state index in [-0.39, 0.29) is 6.54 Å². The Bertz CT molecular complexity index is 655. The molecule has 21 heavy (non-hydrogen) atoms. The summed E-state index contributed by atoms with van der Waals surface area (Å²) >= 11 is 5.82. The molecule has 0 atom stereocenters. The lowest BCUT2D eigenvalue weighted by Gasteiger charge is -2.27. The van der Waals surface area contributed by atoms with Crippen molar-refractivity contribution in [2.45, 2.75) is 25.8 Å². The predicted molar refractivity (Wildman–Crippen MR) is 68.4 cm³/mol. The molecule has 0 spiro atoms. The third-order valence-corrected chi connectivity index (χ3v) is 3.45. The molecule has 0 fully saturated rings. The number of hydrogen-bond acceptors (Lipinski definition) is 4. The quantitative estimate of drug-likeness (QED) is 0.798. The van der Waals surface area contributed by atoms with E-state index < -0.39 is 12.0 Å². The van der Waals surface area contributed by atoms with E-state index in [9.17, 15) is 13.2 Å². The molecule has 112 valence electrons. The monoisotopic (exact) mass is 317 g/mol. The molecule has 2 aromatic rings. The predicted octanol–water partition coefficient (Wildman–Crippen LogP) is 2.36. The highest BCUT2D eigenvalue weighted by Gasteiger charge is 2.39. The summed E-state index contributed by atoms with van der Waals surface area (Å²) in [6, 6.07) is 5.29. The van der Waals surface area contributed by atoms with E-state index in [0.29, 0.717) is 30.6 Å². The van der Waals surface area contributed by atoms with Crippen LogP contribution >= 0.6 is 11.6 Å². The van der Waals surface area contributed by atoms with E-state index >= 15 is 0 Å². The zero-order valence-corrected chi connectivity index (χ0v) is 11.6. The zero-order chi connectivity index (χ0) is 15.0. The minimum absolute atomic E-state index is 0.206. The number of hydrogen-bond donors (Lipinski definition) is 0. The smallest absolute Gasteiger partial charge is 0.305 e. The molecule has 0 amide bonds. The Kier molecular flexibility index (Phi) is 3.58. The zero-order valence-electron chi connectivity index (χ0n) is 10.8. The normalized spacial score (nSPS) is 16.0. The Labute approximate surface area is 123 Å². The Hall–Kier alpha value is -1.67. The highest BCUT2D eigenvalue weighted by molar-refractivity contribution is 6.29. The van der Waals surface area contributed by atoms with Gasteiger partial charge >= 0.3 is 6.18 Å². The fourth-order valence-corrected chi connectivity index (χ4v) is 2.50. The fraction of sp³-hybridized carbons (Fsp3) is 0.417. The van der Waals surface area contributed by atoms with Gasteiger partial charge in [0.25, 0.3) is 0 Å². The first-order chi connectivity index (χ1) is 9.93. The molecule has 0 unspecified atom stereocenters. The lowest BCUT2D eigenvalue weighted by molar-refractivity contribution is -0.148. The van der Waals surface area contributed by atoms with E-state index in [0.717, 1.165) is 10.3 Å². The summed E-state index contributed by atoms with van der Waals surface area (Å²) in [4.78, 5) is 6.13. The van der Waals surface area contributed by atoms with Gasteiger partial charge in [-0.3, -0.25) is 4.90 Å². The summed E-state index contributed by atoms with van der Waals surface area (Å²) in [5.41, 5.74) is 0.770. The fourth-order valence-electron chi connectivity index (χ4n) is 2.32. The molecule has 0 N–H and O–H groups in total. The van der Waals surface area contributed by atoms with Crippen molar-refractivity contribution in [3.05, 3.63) is 40.7 Å². The summed E-state index contributed by atoms with van der Waals surface area (Å²) in [6.45, 7) is 1.49. The van der Waals surface area contributed by atoms with Crippen LogP contribution in [0.4, 0.5) is 13.2 Å². The van der Waals surface area contributed by atoms with Gasteiger partial charge in [-0.1, -0.05) is 17.7 Å². The van der Waals surface area contributed by atoms with E-state index in [2.05, 4.69) is 15.2 Å². The van der Waals surface area contributed by atoms with Crippen LogP contribution in [0.15, 0.2) is 18.2 Å². The van der Waals surface area contributed by atoms with Gasteiger partial charge < -0.3 is 4.57 Å². The molecule has 1 aliphatic heterocycles. The maximum atomic E-state index is 12.7. The molecule has 0 bridgehead atoms. The number of pyridine rings is 1. The van der Waals surface area contributed by atoms with Crippen molar-refractivity contribution in [1.82, 2.24) is 24.6 Å². The molecule has 0 saturated carbocycles. The Morgan fingerprint density at radius 3 is 2.71 bits per heavy atom. The minimum atomic E-state index is -4.47. The second-order valence-electron chi connectivity index (χ2n) is 4.75. The molecule has 5 nitrogen and oxygen atoms in total. The van der Waals surface area contributed by atoms with Crippen molar-refractivity contribution in [2.75, 3.05) is 6.54 Å². The van der Waals surface area contributed by atoms with Gasteiger partial charge in [0.05, 0.1) is 12.2 Å². The van der Waals surface area contributed by atoms with Gasteiger partial charge in [-0.2, -0.15) is 13.2 Å². The van der Waals surface area contributed by atoms with Gasteiger partial charge in [-0.05, 0) is 12.1 Å². The van der Waals surface area contributed by atoms with Crippen molar-refractivity contribution < 1.29 is 13.2 Å². The summed E-state index contributed by atoms with van der Waals surface area (Å²) < 4.78 is 39.3. The molecular weight excluding hydrogens is 307 g/mol. The largest absolute Gasteiger partial charge is 0.451 e. The van der Waals surface area contributed by atoms with E-state index in [4.69, 9.17) is 11.6 Å². The van der Waals surface area contributed by atoms with Crippen LogP contribution in [-0.4, -0.2) is 31.2 Å². The first-order valence-corrected chi connectivity index (χ1v) is 6.64. The molecule has 0 aliphatic carbocycles. The molecule has 1 aliphatic rings. The number of rotatable bonds is 2. The van der Waals surface area contributed by atoms with Crippen molar-refractivity contribution >= 4 is 11.6 Å². The minimum Gasteiger partial charge on any atom is -0.305 e. The van der Waals surface area contributed by atoms with Crippen LogP contribution in [0.5, 0.6) is 0 Å². The number of aromatic nitrogens is 4. The van der Waals surface area contributed by atoms with Crippen molar-refractivity contribution in [3.8, 4) is 0 Å². The Morgan fingerprint density at radius 2 is 2.00 bits per heavy atom. The second-order valence-corrected chi connectivity index (χ2v) is 5.14. The van der Waals surface area contributed by atoms with Gasteiger partial charge in [0.15, 0.2) is 0 Å². The number of nitrogens with zero attached hydrogens (tertiary/aromatic N) is 5. The van der Waals surface area contributed by atoms with Gasteiger partial charge in [0, 0.05) is 19.6 Å². The van der Waals surface area contributed by atoms with Crippen LogP contribution < -0.4 is 0 Å². The average molecular weight is 318 g/mol. The van der Waals surface area contributed by atoms with Crippen LogP contribution in [0.25, 0.3) is 0 Å². The molecule has 2 aromatic heterocycles. The van der Waals surface area contributed by atoms with Crippen LogP contribution in [0.3, 0.4) is 0 Å². The first-order valence-electron chi connectivity index (χ1n) is 6.26. The first kappa shape index (κ1) is 14.3. The van der Waals surface area contributed by atoms with Crippen LogP contribution in [0, 0.1) is 0 Å². The third kappa shape index (κ3) is 3.01. The molecule has 0 saturated heterocycles. The molecule has 3 rings (SSSR count). The molecule has 3 heterocycles. The van der Waals surface area contributed by atoms with Crippen LogP contribution in [-0.2, 0) is 25.8 Å². The summed E-state index contributed by atoms with van der Waals surface area (Å²) in [6.07, 6.45) is -4.47. The van der Waals surface area contributed by atoms with E-state index in [1.807, 2.05) is 11.0 Å². The number of fused-ring (bicyclic) bond motifs is 1. The molecule has 9 heteroatoms. The number of alkyl halides is 3.